The topological polar surface area (TPSA) is 56.7 Å². The van der Waals surface area contributed by atoms with E-state index in [9.17, 15) is 0 Å². The van der Waals surface area contributed by atoms with Crippen LogP contribution in [-0.2, 0) is 19.9 Å². The van der Waals surface area contributed by atoms with Gasteiger partial charge in [0.2, 0.25) is 0 Å². The summed E-state index contributed by atoms with van der Waals surface area (Å²) < 4.78 is 2.11. The number of rotatable bonds is 3. The minimum Gasteiger partial charge on any atom is -0.399 e. The minimum atomic E-state index is 0.802. The Balaban J connectivity index is 1.82. The van der Waals surface area contributed by atoms with E-state index in [4.69, 9.17) is 5.73 Å². The molecule has 2 aromatic heterocycles. The highest BCUT2D eigenvalue weighted by molar-refractivity contribution is 5.71. The molecule has 0 saturated carbocycles. The van der Waals surface area contributed by atoms with Crippen molar-refractivity contribution in [1.82, 2.24) is 14.5 Å². The summed E-state index contributed by atoms with van der Waals surface area (Å²) in [6.07, 6.45) is 3.63. The lowest BCUT2D eigenvalue weighted by Gasteiger charge is -2.03. The number of hydrogen-bond donors (Lipinski definition) is 1. The van der Waals surface area contributed by atoms with Crippen LogP contribution in [-0.4, -0.2) is 14.5 Å². The molecule has 0 radical (unpaired) electrons. The van der Waals surface area contributed by atoms with Gasteiger partial charge in [0.1, 0.15) is 5.82 Å². The van der Waals surface area contributed by atoms with Crippen LogP contribution in [0.25, 0.3) is 11.2 Å². The Bertz CT molecular complexity index is 698. The van der Waals surface area contributed by atoms with Crippen LogP contribution < -0.4 is 5.73 Å². The van der Waals surface area contributed by atoms with Gasteiger partial charge in [0.05, 0.1) is 5.52 Å². The van der Waals surface area contributed by atoms with Crippen molar-refractivity contribution in [2.75, 3.05) is 5.73 Å². The maximum atomic E-state index is 5.68. The Morgan fingerprint density at radius 1 is 1.11 bits per heavy atom. The molecular weight excluding hydrogens is 236 g/mol. The zero-order valence-corrected chi connectivity index (χ0v) is 10.9. The van der Waals surface area contributed by atoms with Crippen LogP contribution in [0.15, 0.2) is 42.6 Å². The second kappa shape index (κ2) is 4.72. The highest BCUT2D eigenvalue weighted by Gasteiger charge is 2.07. The lowest BCUT2D eigenvalue weighted by Crippen LogP contribution is -2.00. The lowest BCUT2D eigenvalue weighted by atomic mass is 10.1. The van der Waals surface area contributed by atoms with E-state index in [2.05, 4.69) is 26.7 Å². The Morgan fingerprint density at radius 3 is 2.63 bits per heavy atom. The number of hydrogen-bond acceptors (Lipinski definition) is 3. The van der Waals surface area contributed by atoms with Crippen molar-refractivity contribution in [3.63, 3.8) is 0 Å². The van der Waals surface area contributed by atoms with Gasteiger partial charge in [-0.2, -0.15) is 0 Å². The van der Waals surface area contributed by atoms with Crippen molar-refractivity contribution in [3.05, 3.63) is 54.0 Å². The summed E-state index contributed by atoms with van der Waals surface area (Å²) in [5.74, 6) is 1.06. The molecule has 4 heteroatoms. The molecule has 0 unspecified atom stereocenters. The number of nitrogens with zero attached hydrogens (tertiary/aromatic N) is 3. The molecule has 0 amide bonds. The van der Waals surface area contributed by atoms with E-state index in [1.165, 1.54) is 5.56 Å². The molecule has 0 bridgehead atoms. The summed E-state index contributed by atoms with van der Waals surface area (Å²) in [5, 5.41) is 0. The lowest BCUT2D eigenvalue weighted by molar-refractivity contribution is 0.787. The van der Waals surface area contributed by atoms with Gasteiger partial charge < -0.3 is 10.3 Å². The Kier molecular flexibility index (Phi) is 2.91. The van der Waals surface area contributed by atoms with Crippen molar-refractivity contribution in [3.8, 4) is 0 Å². The van der Waals surface area contributed by atoms with Gasteiger partial charge in [0, 0.05) is 25.4 Å². The third-order valence-corrected chi connectivity index (χ3v) is 3.37. The molecule has 0 fully saturated rings. The summed E-state index contributed by atoms with van der Waals surface area (Å²) in [7, 11) is 2.04. The van der Waals surface area contributed by atoms with E-state index in [-0.39, 0.29) is 0 Å². The molecule has 2 N–H and O–H groups in total. The largest absolute Gasteiger partial charge is 0.399 e. The molecule has 0 aliphatic carbocycles. The summed E-state index contributed by atoms with van der Waals surface area (Å²) in [6, 6.07) is 12.0. The van der Waals surface area contributed by atoms with E-state index in [0.29, 0.717) is 0 Å². The fourth-order valence-corrected chi connectivity index (χ4v) is 2.24. The molecule has 3 rings (SSSR count). The van der Waals surface area contributed by atoms with E-state index in [1.807, 2.05) is 31.3 Å². The Labute approximate surface area is 111 Å². The standard InChI is InChI=1S/C15H16N4/c1-19-13-3-2-10-17-15(13)18-14(19)9-6-11-4-7-12(16)8-5-11/h2-5,7-8,10H,6,9,16H2,1H3. The number of pyridine rings is 1. The fraction of sp³-hybridized carbons (Fsp3) is 0.200. The minimum absolute atomic E-state index is 0.802. The summed E-state index contributed by atoms with van der Waals surface area (Å²) in [6.45, 7) is 0. The second-order valence-corrected chi connectivity index (χ2v) is 4.67. The number of fused-ring (bicyclic) bond motifs is 1. The molecule has 0 saturated heterocycles. The quantitative estimate of drug-likeness (QED) is 0.728. The third kappa shape index (κ3) is 2.29. The molecule has 19 heavy (non-hydrogen) atoms. The Morgan fingerprint density at radius 2 is 1.89 bits per heavy atom. The van der Waals surface area contributed by atoms with Crippen LogP contribution >= 0.6 is 0 Å². The Hall–Kier alpha value is -2.36. The summed E-state index contributed by atoms with van der Waals surface area (Å²) in [4.78, 5) is 8.85. The van der Waals surface area contributed by atoms with Crippen molar-refractivity contribution in [2.24, 2.45) is 7.05 Å². The van der Waals surface area contributed by atoms with Gasteiger partial charge >= 0.3 is 0 Å². The first kappa shape index (κ1) is 11.7. The number of benzene rings is 1. The van der Waals surface area contributed by atoms with E-state index >= 15 is 0 Å². The SMILES string of the molecule is Cn1c(CCc2ccc(N)cc2)nc2ncccc21. The monoisotopic (exact) mass is 252 g/mol. The van der Waals surface area contributed by atoms with Gasteiger partial charge in [-0.05, 0) is 36.2 Å². The molecule has 96 valence electrons. The third-order valence-electron chi connectivity index (χ3n) is 3.37. The molecule has 2 heterocycles. The molecule has 3 aromatic rings. The second-order valence-electron chi connectivity index (χ2n) is 4.67. The highest BCUT2D eigenvalue weighted by Crippen LogP contribution is 2.14. The molecule has 0 atom stereocenters. The van der Waals surface area contributed by atoms with E-state index < -0.39 is 0 Å². The van der Waals surface area contributed by atoms with Gasteiger partial charge in [-0.25, -0.2) is 9.97 Å². The summed E-state index contributed by atoms with van der Waals surface area (Å²) >= 11 is 0. The first-order chi connectivity index (χ1) is 9.24. The predicted octanol–water partition coefficient (Wildman–Crippen LogP) is 2.34. The number of aryl methyl sites for hydroxylation is 3. The van der Waals surface area contributed by atoms with Gasteiger partial charge in [-0.3, -0.25) is 0 Å². The molecular formula is C15H16N4. The zero-order valence-electron chi connectivity index (χ0n) is 10.9. The maximum Gasteiger partial charge on any atom is 0.177 e. The van der Waals surface area contributed by atoms with Gasteiger partial charge in [-0.1, -0.05) is 12.1 Å². The molecule has 0 aliphatic heterocycles. The first-order valence-electron chi connectivity index (χ1n) is 6.35. The van der Waals surface area contributed by atoms with Crippen molar-refractivity contribution in [1.29, 1.82) is 0 Å². The van der Waals surface area contributed by atoms with Crippen molar-refractivity contribution < 1.29 is 0 Å². The fourth-order valence-electron chi connectivity index (χ4n) is 2.24. The average Bonchev–Trinajstić information content (AvgIpc) is 2.76. The first-order valence-corrected chi connectivity index (χ1v) is 6.35. The van der Waals surface area contributed by atoms with Crippen LogP contribution in [0.2, 0.25) is 0 Å². The van der Waals surface area contributed by atoms with Gasteiger partial charge in [0.25, 0.3) is 0 Å². The highest BCUT2D eigenvalue weighted by atomic mass is 15.1. The van der Waals surface area contributed by atoms with E-state index in [1.54, 1.807) is 6.20 Å². The summed E-state index contributed by atoms with van der Waals surface area (Å²) in [5.41, 5.74) is 9.65. The number of anilines is 1. The predicted molar refractivity (Wildman–Crippen MR) is 76.8 cm³/mol. The normalized spacial score (nSPS) is 11.0. The van der Waals surface area contributed by atoms with Crippen LogP contribution in [0.5, 0.6) is 0 Å². The van der Waals surface area contributed by atoms with Crippen LogP contribution in [0, 0.1) is 0 Å². The smallest absolute Gasteiger partial charge is 0.177 e. The van der Waals surface area contributed by atoms with Crippen molar-refractivity contribution in [2.45, 2.75) is 12.8 Å². The number of nitrogens with two attached hydrogens (primary N) is 1. The average molecular weight is 252 g/mol. The van der Waals surface area contributed by atoms with Crippen LogP contribution in [0.4, 0.5) is 5.69 Å². The molecule has 0 spiro atoms. The van der Waals surface area contributed by atoms with Gasteiger partial charge in [0.15, 0.2) is 5.65 Å². The molecule has 0 aliphatic rings. The van der Waals surface area contributed by atoms with Crippen molar-refractivity contribution >= 4 is 16.9 Å². The van der Waals surface area contributed by atoms with E-state index in [0.717, 1.165) is 35.5 Å². The number of imidazole rings is 1. The van der Waals surface area contributed by atoms with Crippen LogP contribution in [0.3, 0.4) is 0 Å². The zero-order chi connectivity index (χ0) is 13.2. The maximum absolute atomic E-state index is 5.68. The number of nitrogen functional groups attached to an aromatic ring is 1. The molecule has 1 aromatic carbocycles. The van der Waals surface area contributed by atoms with Crippen LogP contribution in [0.1, 0.15) is 11.4 Å². The molecule has 4 nitrogen and oxygen atoms in total. The van der Waals surface area contributed by atoms with Gasteiger partial charge in [-0.15, -0.1) is 0 Å². The number of aromatic nitrogens is 3.